The first-order valence-electron chi connectivity index (χ1n) is 10.1. The fraction of sp³-hybridized carbons (Fsp3) is 0.435. The van der Waals surface area contributed by atoms with Gasteiger partial charge in [0.25, 0.3) is 0 Å². The zero-order valence-electron chi connectivity index (χ0n) is 17.5. The first-order valence-corrected chi connectivity index (χ1v) is 10.1. The van der Waals surface area contributed by atoms with Gasteiger partial charge in [-0.1, -0.05) is 36.4 Å². The van der Waals surface area contributed by atoms with E-state index in [0.717, 1.165) is 31.0 Å². The molecule has 2 aromatic rings. The summed E-state index contributed by atoms with van der Waals surface area (Å²) in [7, 11) is 3.34. The van der Waals surface area contributed by atoms with Gasteiger partial charge in [-0.15, -0.1) is 0 Å². The van der Waals surface area contributed by atoms with Gasteiger partial charge < -0.3 is 15.4 Å². The van der Waals surface area contributed by atoms with Gasteiger partial charge in [-0.25, -0.2) is 4.39 Å². The monoisotopic (exact) mass is 398 g/mol. The summed E-state index contributed by atoms with van der Waals surface area (Å²) >= 11 is 0. The van der Waals surface area contributed by atoms with Crippen molar-refractivity contribution in [2.45, 2.75) is 45.1 Å². The van der Waals surface area contributed by atoms with Crippen LogP contribution in [-0.4, -0.2) is 43.6 Å². The maximum absolute atomic E-state index is 13.8. The van der Waals surface area contributed by atoms with Gasteiger partial charge >= 0.3 is 0 Å². The molecule has 156 valence electrons. The minimum atomic E-state index is -0.239. The molecule has 0 amide bonds. The van der Waals surface area contributed by atoms with Crippen molar-refractivity contribution in [1.29, 1.82) is 0 Å². The molecular formula is C23H31FN4O. The molecule has 0 bridgehead atoms. The largest absolute Gasteiger partial charge is 0.380 e. The number of nitrogens with one attached hydrogen (secondary N) is 2. The molecule has 1 aliphatic heterocycles. The first-order chi connectivity index (χ1) is 14.1. The molecule has 2 aromatic carbocycles. The normalized spacial score (nSPS) is 20.1. The number of likely N-dealkylation sites (tertiary alicyclic amines) is 1. The van der Waals surface area contributed by atoms with Crippen LogP contribution in [0.4, 0.5) is 4.39 Å². The highest BCUT2D eigenvalue weighted by molar-refractivity contribution is 5.80. The van der Waals surface area contributed by atoms with Crippen molar-refractivity contribution in [2.75, 3.05) is 20.7 Å². The summed E-state index contributed by atoms with van der Waals surface area (Å²) in [6, 6.07) is 16.5. The molecule has 1 heterocycles. The number of ether oxygens (including phenoxy) is 1. The Morgan fingerprint density at radius 3 is 2.72 bits per heavy atom. The van der Waals surface area contributed by atoms with Crippen LogP contribution in [0.2, 0.25) is 0 Å². The first kappa shape index (κ1) is 21.3. The van der Waals surface area contributed by atoms with Gasteiger partial charge in [-0.2, -0.15) is 0 Å². The molecule has 6 heteroatoms. The lowest BCUT2D eigenvalue weighted by molar-refractivity contribution is 0.181. The highest BCUT2D eigenvalue weighted by Gasteiger charge is 2.29. The number of methoxy groups -OCH3 is 1. The number of rotatable bonds is 7. The van der Waals surface area contributed by atoms with E-state index in [1.165, 1.54) is 11.6 Å². The zero-order valence-corrected chi connectivity index (χ0v) is 17.5. The maximum atomic E-state index is 13.8. The number of aliphatic imine (C=N–C) groups is 1. The molecule has 5 nitrogen and oxygen atoms in total. The van der Waals surface area contributed by atoms with Crippen molar-refractivity contribution < 1.29 is 9.13 Å². The molecule has 1 fully saturated rings. The summed E-state index contributed by atoms with van der Waals surface area (Å²) < 4.78 is 18.8. The van der Waals surface area contributed by atoms with E-state index in [0.29, 0.717) is 24.2 Å². The number of benzene rings is 2. The summed E-state index contributed by atoms with van der Waals surface area (Å²) in [6.07, 6.45) is 1.07. The highest BCUT2D eigenvalue weighted by Crippen LogP contribution is 2.20. The smallest absolute Gasteiger partial charge is 0.191 e. The van der Waals surface area contributed by atoms with Gasteiger partial charge in [-0.05, 0) is 36.6 Å². The Balaban J connectivity index is 1.52. The average molecular weight is 399 g/mol. The number of hydrogen-bond acceptors (Lipinski definition) is 3. The van der Waals surface area contributed by atoms with Crippen molar-refractivity contribution in [2.24, 2.45) is 4.99 Å². The lowest BCUT2D eigenvalue weighted by atomic mass is 10.1. The topological polar surface area (TPSA) is 48.9 Å². The lowest BCUT2D eigenvalue weighted by Gasteiger charge is -2.21. The predicted molar refractivity (Wildman–Crippen MR) is 115 cm³/mol. The van der Waals surface area contributed by atoms with E-state index in [9.17, 15) is 4.39 Å². The van der Waals surface area contributed by atoms with Crippen LogP contribution in [0, 0.1) is 5.82 Å². The number of guanidine groups is 1. The Morgan fingerprint density at radius 1 is 1.21 bits per heavy atom. The van der Waals surface area contributed by atoms with E-state index < -0.39 is 0 Å². The van der Waals surface area contributed by atoms with Gasteiger partial charge in [0.05, 0.1) is 6.61 Å². The maximum Gasteiger partial charge on any atom is 0.191 e. The molecule has 1 aliphatic rings. The second kappa shape index (κ2) is 10.4. The van der Waals surface area contributed by atoms with Crippen molar-refractivity contribution in [1.82, 2.24) is 15.5 Å². The van der Waals surface area contributed by atoms with Crippen molar-refractivity contribution in [3.63, 3.8) is 0 Å². The third-order valence-corrected chi connectivity index (χ3v) is 5.37. The predicted octanol–water partition coefficient (Wildman–Crippen LogP) is 3.30. The quantitative estimate of drug-likeness (QED) is 0.555. The minimum absolute atomic E-state index is 0.239. The van der Waals surface area contributed by atoms with Gasteiger partial charge in [0.15, 0.2) is 5.96 Å². The summed E-state index contributed by atoms with van der Waals surface area (Å²) in [5.74, 6) is 0.526. The molecular weight excluding hydrogens is 367 g/mol. The van der Waals surface area contributed by atoms with Gasteiger partial charge in [0.2, 0.25) is 0 Å². The third-order valence-electron chi connectivity index (χ3n) is 5.37. The molecule has 0 spiro atoms. The van der Waals surface area contributed by atoms with Crippen LogP contribution in [-0.2, 0) is 24.4 Å². The summed E-state index contributed by atoms with van der Waals surface area (Å²) in [5, 5.41) is 6.87. The Kier molecular flexibility index (Phi) is 7.61. The molecule has 29 heavy (non-hydrogen) atoms. The van der Waals surface area contributed by atoms with E-state index in [2.05, 4.69) is 57.8 Å². The van der Waals surface area contributed by atoms with E-state index in [4.69, 9.17) is 4.74 Å². The van der Waals surface area contributed by atoms with Gasteiger partial charge in [0, 0.05) is 51.4 Å². The van der Waals surface area contributed by atoms with E-state index >= 15 is 0 Å². The highest BCUT2D eigenvalue weighted by atomic mass is 19.1. The van der Waals surface area contributed by atoms with E-state index in [1.807, 2.05) is 6.07 Å². The number of halogens is 1. The summed E-state index contributed by atoms with van der Waals surface area (Å²) in [6.45, 7) is 5.06. The van der Waals surface area contributed by atoms with Crippen molar-refractivity contribution in [3.8, 4) is 0 Å². The SMILES string of the molecule is CN=C(NCc1ccc(F)c(COC)c1)NC1CC(C)N(Cc2ccccc2)C1. The van der Waals surface area contributed by atoms with Gasteiger partial charge in [0.1, 0.15) is 5.82 Å². The zero-order chi connectivity index (χ0) is 20.6. The van der Waals surface area contributed by atoms with Gasteiger partial charge in [-0.3, -0.25) is 9.89 Å². The molecule has 0 aliphatic carbocycles. The standard InChI is InChI=1S/C23H31FN4O/c1-17-11-21(15-28(17)14-18-7-5-4-6-8-18)27-23(25-2)26-13-19-9-10-22(24)20(12-19)16-29-3/h4-10,12,17,21H,11,13-16H2,1-3H3,(H2,25,26,27). The molecule has 0 radical (unpaired) electrons. The molecule has 1 saturated heterocycles. The van der Waals surface area contributed by atoms with Crippen LogP contribution >= 0.6 is 0 Å². The van der Waals surface area contributed by atoms with E-state index in [1.54, 1.807) is 20.2 Å². The second-order valence-corrected chi connectivity index (χ2v) is 7.63. The third kappa shape index (κ3) is 6.02. The molecule has 2 atom stereocenters. The Morgan fingerprint density at radius 2 is 2.00 bits per heavy atom. The van der Waals surface area contributed by atoms with Crippen LogP contribution in [0.1, 0.15) is 30.0 Å². The molecule has 3 rings (SSSR count). The van der Waals surface area contributed by atoms with Crippen molar-refractivity contribution in [3.05, 3.63) is 71.0 Å². The van der Waals surface area contributed by atoms with E-state index in [-0.39, 0.29) is 12.4 Å². The van der Waals surface area contributed by atoms with Crippen LogP contribution in [0.3, 0.4) is 0 Å². The van der Waals surface area contributed by atoms with Crippen LogP contribution in [0.25, 0.3) is 0 Å². The Bertz CT molecular complexity index is 812. The molecule has 0 saturated carbocycles. The summed E-state index contributed by atoms with van der Waals surface area (Å²) in [5.41, 5.74) is 2.90. The van der Waals surface area contributed by atoms with Crippen LogP contribution in [0.15, 0.2) is 53.5 Å². The second-order valence-electron chi connectivity index (χ2n) is 7.63. The average Bonchev–Trinajstić information content (AvgIpc) is 3.07. The van der Waals surface area contributed by atoms with Crippen LogP contribution in [0.5, 0.6) is 0 Å². The molecule has 0 aromatic heterocycles. The lowest BCUT2D eigenvalue weighted by Crippen LogP contribution is -2.44. The fourth-order valence-electron chi connectivity index (χ4n) is 3.82. The number of nitrogens with zero attached hydrogens (tertiary/aromatic N) is 2. The molecule has 2 unspecified atom stereocenters. The summed E-state index contributed by atoms with van der Waals surface area (Å²) in [4.78, 5) is 6.85. The number of hydrogen-bond donors (Lipinski definition) is 2. The van der Waals surface area contributed by atoms with Crippen LogP contribution < -0.4 is 10.6 Å². The minimum Gasteiger partial charge on any atom is -0.380 e. The molecule has 2 N–H and O–H groups in total. The Hall–Kier alpha value is -2.44. The Labute approximate surface area is 173 Å². The fourth-order valence-corrected chi connectivity index (χ4v) is 3.82. The van der Waals surface area contributed by atoms with Crippen molar-refractivity contribution >= 4 is 5.96 Å².